The number of fused-ring (bicyclic) bond motifs is 12. The summed E-state index contributed by atoms with van der Waals surface area (Å²) in [5.41, 5.74) is 11.4. The molecular weight excluding hydrogens is 976 g/mol. The minimum absolute atomic E-state index is 0.321. The van der Waals surface area contributed by atoms with E-state index in [0.717, 1.165) is 74.6 Å². The lowest BCUT2D eigenvalue weighted by Crippen LogP contribution is -2.33. The molecule has 2 spiro atoms. The quantitative estimate of drug-likeness (QED) is 0.0858. The summed E-state index contributed by atoms with van der Waals surface area (Å²) >= 11 is 10.9. The zero-order valence-corrected chi connectivity index (χ0v) is 40.2. The van der Waals surface area contributed by atoms with Crippen LogP contribution in [0, 0.1) is 52.0 Å². The van der Waals surface area contributed by atoms with E-state index < -0.39 is 19.3 Å². The summed E-state index contributed by atoms with van der Waals surface area (Å²) in [6, 6.07) is 30.8. The maximum Gasteiger partial charge on any atom is 0.340 e. The Kier molecular flexibility index (Phi) is 10.8. The summed E-state index contributed by atoms with van der Waals surface area (Å²) in [4.78, 5) is 25.6. The van der Waals surface area contributed by atoms with Crippen LogP contribution in [0.2, 0.25) is 19.6 Å². The second kappa shape index (κ2) is 15.5. The second-order valence-electron chi connectivity index (χ2n) is 16.4. The minimum atomic E-state index is -1.10. The van der Waals surface area contributed by atoms with Gasteiger partial charge in [0.2, 0.25) is 0 Å². The Bertz CT molecular complexity index is 2910. The van der Waals surface area contributed by atoms with Crippen LogP contribution in [-0.4, -0.2) is 20.0 Å². The van der Waals surface area contributed by atoms with Gasteiger partial charge in [0.05, 0.1) is 11.1 Å². The Balaban J connectivity index is 0.000000149. The van der Waals surface area contributed by atoms with E-state index in [4.69, 9.17) is 31.8 Å². The fourth-order valence-electron chi connectivity index (χ4n) is 8.00. The van der Waals surface area contributed by atoms with Crippen LogP contribution in [0.3, 0.4) is 0 Å². The molecule has 0 N–H and O–H groups in total. The molecule has 4 aliphatic heterocycles. The number of terminal acetylenes is 2. The maximum absolute atomic E-state index is 12.8. The number of hydrogen-bond acceptors (Lipinski definition) is 6. The molecule has 0 aliphatic carbocycles. The molecule has 6 nitrogen and oxygen atoms in total. The predicted molar refractivity (Wildman–Crippen MR) is 252 cm³/mol. The number of hydrogen-bond donors (Lipinski definition) is 0. The number of aryl methyl sites for hydroxylation is 4. The predicted octanol–water partition coefficient (Wildman–Crippen LogP) is 13.5. The lowest BCUT2D eigenvalue weighted by atomic mass is 9.76. The average Bonchev–Trinajstić information content (AvgIpc) is 3.69. The molecule has 4 aliphatic rings. The van der Waals surface area contributed by atoms with Crippen LogP contribution in [0.1, 0.15) is 81.9 Å². The fourth-order valence-corrected chi connectivity index (χ4v) is 9.03. The van der Waals surface area contributed by atoms with E-state index in [2.05, 4.69) is 78.9 Å². The van der Waals surface area contributed by atoms with Gasteiger partial charge in [-0.2, -0.15) is 0 Å². The van der Waals surface area contributed by atoms with Gasteiger partial charge in [-0.05, 0) is 111 Å². The first kappa shape index (κ1) is 42.3. The lowest BCUT2D eigenvalue weighted by Gasteiger charge is -2.37. The van der Waals surface area contributed by atoms with Crippen molar-refractivity contribution in [2.45, 2.75) is 58.5 Å². The van der Waals surface area contributed by atoms with Crippen LogP contribution in [0.15, 0.2) is 110 Å². The first-order valence-corrected chi connectivity index (χ1v) is 25.3. The molecule has 0 saturated carbocycles. The standard InChI is InChI=1S/C24H15BrO3.C22H14Br2O3.C5H10Si/c1-4-15-11-18-21(9-13(15)2)27-22-10-14(3)20(25)12-19(22)24(18)17-8-6-5-7-16(17)23(26)28-24;1-11-7-19-15(9-17(11)23)22(14-6-4-3-5-13(14)21(25)27-22)16-10-18(24)12(2)8-20(16)26-19;1-5-6(2,3)4/h1,5-12H,2-3H3;3-10H,1-2H3;1H,2-4H3. The zero-order valence-electron chi connectivity index (χ0n) is 34.5. The Hall–Kier alpha value is -5.36. The van der Waals surface area contributed by atoms with E-state index in [-0.39, 0.29) is 11.9 Å². The lowest BCUT2D eigenvalue weighted by molar-refractivity contribution is 0.0214. The first-order chi connectivity index (χ1) is 28.9. The van der Waals surface area contributed by atoms with Crippen molar-refractivity contribution in [1.82, 2.24) is 0 Å². The van der Waals surface area contributed by atoms with E-state index in [1.807, 2.05) is 119 Å². The molecule has 1 unspecified atom stereocenters. The number of halogens is 3. The van der Waals surface area contributed by atoms with Crippen molar-refractivity contribution in [3.05, 3.63) is 183 Å². The van der Waals surface area contributed by atoms with E-state index in [0.29, 0.717) is 34.1 Å². The van der Waals surface area contributed by atoms with Gasteiger partial charge in [0, 0.05) is 52.4 Å². The molecule has 6 aromatic carbocycles. The highest BCUT2D eigenvalue weighted by Gasteiger charge is 2.55. The van der Waals surface area contributed by atoms with Gasteiger partial charge >= 0.3 is 11.9 Å². The number of benzene rings is 6. The molecule has 6 aromatic rings. The van der Waals surface area contributed by atoms with Crippen LogP contribution in [0.4, 0.5) is 0 Å². The Morgan fingerprint density at radius 2 is 0.836 bits per heavy atom. The third-order valence-electron chi connectivity index (χ3n) is 11.2. The summed E-state index contributed by atoms with van der Waals surface area (Å²) in [7, 11) is -1.10. The highest BCUT2D eigenvalue weighted by molar-refractivity contribution is 9.11. The molecule has 304 valence electrons. The number of ether oxygens (including phenoxy) is 4. The van der Waals surface area contributed by atoms with E-state index in [1.54, 1.807) is 6.07 Å². The molecule has 10 rings (SSSR count). The van der Waals surface area contributed by atoms with E-state index in [1.165, 1.54) is 0 Å². The fraction of sp³-hybridized carbons (Fsp3) is 0.176. The molecule has 61 heavy (non-hydrogen) atoms. The zero-order chi connectivity index (χ0) is 43.8. The van der Waals surface area contributed by atoms with E-state index in [9.17, 15) is 9.59 Å². The van der Waals surface area contributed by atoms with Crippen molar-refractivity contribution in [2.75, 3.05) is 0 Å². The van der Waals surface area contributed by atoms with Gasteiger partial charge in [0.15, 0.2) is 11.2 Å². The van der Waals surface area contributed by atoms with E-state index >= 15 is 0 Å². The molecule has 0 radical (unpaired) electrons. The van der Waals surface area contributed by atoms with Gasteiger partial charge in [-0.3, -0.25) is 0 Å². The number of rotatable bonds is 0. The van der Waals surface area contributed by atoms with Crippen LogP contribution in [0.5, 0.6) is 23.0 Å². The second-order valence-corrected chi connectivity index (χ2v) is 23.8. The first-order valence-electron chi connectivity index (χ1n) is 19.5. The van der Waals surface area contributed by atoms with Gasteiger partial charge in [-0.1, -0.05) is 110 Å². The van der Waals surface area contributed by atoms with Crippen molar-refractivity contribution in [2.24, 2.45) is 0 Å². The Morgan fingerprint density at radius 1 is 0.508 bits per heavy atom. The van der Waals surface area contributed by atoms with Crippen molar-refractivity contribution in [3.63, 3.8) is 0 Å². The Morgan fingerprint density at radius 3 is 1.18 bits per heavy atom. The third kappa shape index (κ3) is 6.95. The molecular formula is C51H39Br3O6Si. The summed E-state index contributed by atoms with van der Waals surface area (Å²) in [6.45, 7) is 14.4. The number of carbonyl (C=O) groups is 2. The van der Waals surface area contributed by atoms with Gasteiger partial charge < -0.3 is 18.9 Å². The van der Waals surface area contributed by atoms with Gasteiger partial charge in [0.1, 0.15) is 31.1 Å². The van der Waals surface area contributed by atoms with Gasteiger partial charge in [0.25, 0.3) is 0 Å². The highest BCUT2D eigenvalue weighted by Crippen LogP contribution is 2.59. The van der Waals surface area contributed by atoms with Crippen molar-refractivity contribution in [1.29, 1.82) is 0 Å². The van der Waals surface area contributed by atoms with Crippen molar-refractivity contribution in [3.8, 4) is 47.3 Å². The maximum atomic E-state index is 12.8. The molecule has 1 atom stereocenters. The normalized spacial score (nSPS) is 16.5. The van der Waals surface area contributed by atoms with Crippen molar-refractivity contribution < 1.29 is 28.5 Å². The largest absolute Gasteiger partial charge is 0.456 e. The highest BCUT2D eigenvalue weighted by atomic mass is 79.9. The molecule has 10 heteroatoms. The summed E-state index contributed by atoms with van der Waals surface area (Å²) in [5.74, 6) is 4.78. The monoisotopic (exact) mass is 1010 g/mol. The molecule has 0 saturated heterocycles. The van der Waals surface area contributed by atoms with Crippen LogP contribution in [0.25, 0.3) is 0 Å². The summed E-state index contributed by atoms with van der Waals surface area (Å²) in [5, 5.41) is 0. The molecule has 0 amide bonds. The SMILES string of the molecule is C#C[Si](C)(C)C.C#Cc1cc2c(cc1C)Oc1cc(C)c(Br)cc1C21OC(=O)c2ccccc21.Cc1cc2c(cc1Br)C1(OC(=O)c3ccccc31)c1cc(Br)c(C)cc1O2. The van der Waals surface area contributed by atoms with Crippen molar-refractivity contribution >= 4 is 67.8 Å². The van der Waals surface area contributed by atoms with Crippen LogP contribution < -0.4 is 9.47 Å². The molecule has 0 bridgehead atoms. The van der Waals surface area contributed by atoms with Gasteiger partial charge in [-0.25, -0.2) is 9.59 Å². The van der Waals surface area contributed by atoms with Gasteiger partial charge in [-0.15, -0.1) is 18.4 Å². The summed E-state index contributed by atoms with van der Waals surface area (Å²) in [6.07, 6.45) is 10.8. The third-order valence-corrected chi connectivity index (χ3v) is 14.6. The molecule has 0 aromatic heterocycles. The topological polar surface area (TPSA) is 71.1 Å². The average molecular weight is 1020 g/mol. The van der Waals surface area contributed by atoms with Crippen LogP contribution >= 0.6 is 47.8 Å². The minimum Gasteiger partial charge on any atom is -0.456 e. The Labute approximate surface area is 382 Å². The van der Waals surface area contributed by atoms with Crippen LogP contribution in [-0.2, 0) is 20.7 Å². The molecule has 0 fully saturated rings. The molecule has 4 heterocycles. The number of esters is 2. The summed E-state index contributed by atoms with van der Waals surface area (Å²) < 4.78 is 27.6. The number of carbonyl (C=O) groups excluding carboxylic acids is 2. The smallest absolute Gasteiger partial charge is 0.340 e.